The molecule has 17 heavy (non-hydrogen) atoms. The molecule has 0 fully saturated rings. The number of nitrogens with zero attached hydrogens (tertiary/aromatic N) is 1. The van der Waals surface area contributed by atoms with Gasteiger partial charge in [0.1, 0.15) is 0 Å². The van der Waals surface area contributed by atoms with Crippen LogP contribution in [0.25, 0.3) is 0 Å². The highest BCUT2D eigenvalue weighted by molar-refractivity contribution is 6.42. The molecule has 1 aromatic rings. The van der Waals surface area contributed by atoms with Gasteiger partial charge < -0.3 is 0 Å². The van der Waals surface area contributed by atoms with Gasteiger partial charge in [0.25, 0.3) is 0 Å². The van der Waals surface area contributed by atoms with Gasteiger partial charge >= 0.3 is 6.41 Å². The van der Waals surface area contributed by atoms with E-state index in [-0.39, 0.29) is 0 Å². The topological polar surface area (TPSA) is 20.3 Å². The molecule has 0 N–H and O–H groups in total. The van der Waals surface area contributed by atoms with Crippen LogP contribution in [0.4, 0.5) is 5.69 Å². The molecular weight excluding hydrogens is 257 g/mol. The Morgan fingerprint density at radius 2 is 2.00 bits per heavy atom. The molecule has 0 saturated heterocycles. The van der Waals surface area contributed by atoms with Gasteiger partial charge in [0.05, 0.1) is 15.7 Å². The number of hydrogen-bond donors (Lipinski definition) is 0. The average Bonchev–Trinajstić information content (AvgIpc) is 2.36. The first-order valence-corrected chi connectivity index (χ1v) is 6.30. The molecule has 0 heterocycles. The summed E-state index contributed by atoms with van der Waals surface area (Å²) in [5.74, 6) is 0. The fraction of sp³-hybridized carbons (Fsp3) is 0.308. The maximum Gasteiger partial charge on any atom is 0.321 e. The molecule has 0 aromatic heterocycles. The number of anilines is 1. The zero-order chi connectivity index (χ0) is 12.3. The smallest absolute Gasteiger partial charge is 0.277 e. The van der Waals surface area contributed by atoms with Crippen LogP contribution in [0.1, 0.15) is 25.7 Å². The van der Waals surface area contributed by atoms with Crippen LogP contribution in [0.5, 0.6) is 0 Å². The minimum Gasteiger partial charge on any atom is -0.277 e. The van der Waals surface area contributed by atoms with Gasteiger partial charge in [-0.05, 0) is 43.9 Å². The number of allylic oxidation sites excluding steroid dienone is 2. The maximum atomic E-state index is 11.1. The van der Waals surface area contributed by atoms with Crippen molar-refractivity contribution in [3.05, 3.63) is 40.0 Å². The molecule has 4 heteroatoms. The van der Waals surface area contributed by atoms with E-state index < -0.39 is 0 Å². The predicted octanol–water partition coefficient (Wildman–Crippen LogP) is 4.32. The molecule has 1 aliphatic carbocycles. The second-order valence-corrected chi connectivity index (χ2v) is 4.78. The quantitative estimate of drug-likeness (QED) is 0.748. The van der Waals surface area contributed by atoms with Crippen molar-refractivity contribution in [2.45, 2.75) is 25.7 Å². The first-order valence-electron chi connectivity index (χ1n) is 5.54. The Morgan fingerprint density at radius 1 is 1.18 bits per heavy atom. The van der Waals surface area contributed by atoms with Gasteiger partial charge in [-0.3, -0.25) is 9.69 Å². The molecular formula is C13H12Cl2NO. The van der Waals surface area contributed by atoms with Crippen LogP contribution < -0.4 is 4.90 Å². The molecule has 1 aliphatic rings. The van der Waals surface area contributed by atoms with Crippen molar-refractivity contribution in [1.82, 2.24) is 0 Å². The van der Waals surface area contributed by atoms with Crippen molar-refractivity contribution >= 4 is 35.3 Å². The summed E-state index contributed by atoms with van der Waals surface area (Å²) < 4.78 is 0. The van der Waals surface area contributed by atoms with Crippen LogP contribution in [0.15, 0.2) is 30.0 Å². The monoisotopic (exact) mass is 268 g/mol. The van der Waals surface area contributed by atoms with E-state index in [0.29, 0.717) is 15.7 Å². The van der Waals surface area contributed by atoms with Crippen LogP contribution in [0.2, 0.25) is 10.0 Å². The van der Waals surface area contributed by atoms with Gasteiger partial charge in [0.2, 0.25) is 0 Å². The van der Waals surface area contributed by atoms with Gasteiger partial charge in [-0.1, -0.05) is 29.3 Å². The predicted molar refractivity (Wildman–Crippen MR) is 71.2 cm³/mol. The van der Waals surface area contributed by atoms with Crippen molar-refractivity contribution in [3.8, 4) is 0 Å². The SMILES string of the molecule is O=[C]N(C1=CCCCC1)c1ccc(Cl)c(Cl)c1. The third kappa shape index (κ3) is 2.82. The van der Waals surface area contributed by atoms with Gasteiger partial charge in [-0.15, -0.1) is 0 Å². The molecule has 1 radical (unpaired) electrons. The Hall–Kier alpha value is -0.990. The Morgan fingerprint density at radius 3 is 2.59 bits per heavy atom. The highest BCUT2D eigenvalue weighted by atomic mass is 35.5. The van der Waals surface area contributed by atoms with Crippen molar-refractivity contribution in [1.29, 1.82) is 0 Å². The number of hydrogen-bond acceptors (Lipinski definition) is 1. The molecule has 89 valence electrons. The van der Waals surface area contributed by atoms with E-state index >= 15 is 0 Å². The van der Waals surface area contributed by atoms with E-state index in [2.05, 4.69) is 6.08 Å². The Balaban J connectivity index is 2.31. The van der Waals surface area contributed by atoms with E-state index in [1.54, 1.807) is 18.2 Å². The number of benzene rings is 1. The van der Waals surface area contributed by atoms with Crippen LogP contribution in [-0.4, -0.2) is 6.41 Å². The Kier molecular flexibility index (Phi) is 4.08. The lowest BCUT2D eigenvalue weighted by Gasteiger charge is -2.23. The zero-order valence-electron chi connectivity index (χ0n) is 9.25. The second-order valence-electron chi connectivity index (χ2n) is 3.97. The molecule has 0 spiro atoms. The first kappa shape index (κ1) is 12.5. The fourth-order valence-electron chi connectivity index (χ4n) is 1.93. The van der Waals surface area contributed by atoms with Gasteiger partial charge in [0, 0.05) is 5.70 Å². The van der Waals surface area contributed by atoms with E-state index in [9.17, 15) is 4.79 Å². The van der Waals surface area contributed by atoms with Crippen LogP contribution in [-0.2, 0) is 4.79 Å². The Bertz CT molecular complexity index is 457. The highest BCUT2D eigenvalue weighted by Crippen LogP contribution is 2.30. The zero-order valence-corrected chi connectivity index (χ0v) is 10.8. The minimum atomic E-state index is 0.445. The summed E-state index contributed by atoms with van der Waals surface area (Å²) in [5, 5.41) is 0.930. The van der Waals surface area contributed by atoms with Gasteiger partial charge in [0.15, 0.2) is 0 Å². The van der Waals surface area contributed by atoms with Crippen LogP contribution >= 0.6 is 23.2 Å². The molecule has 1 aromatic carbocycles. The summed E-state index contributed by atoms with van der Waals surface area (Å²) >= 11 is 11.8. The summed E-state index contributed by atoms with van der Waals surface area (Å²) in [6, 6.07) is 5.14. The van der Waals surface area contributed by atoms with Crippen molar-refractivity contribution in [2.24, 2.45) is 0 Å². The number of carbonyl (C=O) groups excluding carboxylic acids is 1. The molecule has 0 saturated carbocycles. The molecule has 1 amide bonds. The average molecular weight is 269 g/mol. The third-order valence-corrected chi connectivity index (χ3v) is 3.55. The lowest BCUT2D eigenvalue weighted by Crippen LogP contribution is -2.21. The normalized spacial score (nSPS) is 15.3. The summed E-state index contributed by atoms with van der Waals surface area (Å²) in [7, 11) is 0. The van der Waals surface area contributed by atoms with Crippen molar-refractivity contribution < 1.29 is 4.79 Å². The third-order valence-electron chi connectivity index (χ3n) is 2.81. The molecule has 2 rings (SSSR count). The summed E-state index contributed by atoms with van der Waals surface area (Å²) in [4.78, 5) is 12.6. The largest absolute Gasteiger partial charge is 0.321 e. The fourth-order valence-corrected chi connectivity index (χ4v) is 2.22. The second kappa shape index (κ2) is 5.56. The molecule has 0 unspecified atom stereocenters. The van der Waals surface area contributed by atoms with E-state index in [1.807, 2.05) is 6.41 Å². The highest BCUT2D eigenvalue weighted by Gasteiger charge is 2.15. The maximum absolute atomic E-state index is 11.1. The lowest BCUT2D eigenvalue weighted by atomic mass is 10.0. The van der Waals surface area contributed by atoms with E-state index in [4.69, 9.17) is 23.2 Å². The van der Waals surface area contributed by atoms with Crippen molar-refractivity contribution in [3.63, 3.8) is 0 Å². The Labute approximate surface area is 111 Å². The summed E-state index contributed by atoms with van der Waals surface area (Å²) in [5.41, 5.74) is 1.70. The summed E-state index contributed by atoms with van der Waals surface area (Å²) in [6.45, 7) is 0. The van der Waals surface area contributed by atoms with Crippen LogP contribution in [0, 0.1) is 0 Å². The van der Waals surface area contributed by atoms with E-state index in [0.717, 1.165) is 25.0 Å². The molecule has 0 atom stereocenters. The van der Waals surface area contributed by atoms with E-state index in [1.165, 1.54) is 11.3 Å². The van der Waals surface area contributed by atoms with Gasteiger partial charge in [-0.25, -0.2) is 0 Å². The number of rotatable bonds is 3. The number of amides is 1. The van der Waals surface area contributed by atoms with Crippen LogP contribution in [0.3, 0.4) is 0 Å². The summed E-state index contributed by atoms with van der Waals surface area (Å²) in [6.07, 6.45) is 8.22. The first-order chi connectivity index (χ1) is 8.22. The lowest BCUT2D eigenvalue weighted by molar-refractivity contribution is 0.552. The van der Waals surface area contributed by atoms with Crippen molar-refractivity contribution in [2.75, 3.05) is 4.90 Å². The molecule has 0 aliphatic heterocycles. The minimum absolute atomic E-state index is 0.445. The standard InChI is InChI=1S/C13H12Cl2NO/c14-12-7-6-11(8-13(12)15)16(9-17)10-4-2-1-3-5-10/h4,6-8H,1-3,5H2. The molecule has 0 bridgehead atoms. The van der Waals surface area contributed by atoms with Gasteiger partial charge in [-0.2, -0.15) is 0 Å². The number of halogens is 2. The molecule has 2 nitrogen and oxygen atoms in total.